The van der Waals surface area contributed by atoms with E-state index in [1.807, 2.05) is 13.1 Å². The molecule has 0 spiro atoms. The Morgan fingerprint density at radius 2 is 1.83 bits per heavy atom. The molecule has 0 fully saturated rings. The first-order valence-electron chi connectivity index (χ1n) is 7.45. The SMILES string of the molecule is CCCCCCCCNCCc1ccnc(C)c1. The number of pyridine rings is 1. The summed E-state index contributed by atoms with van der Waals surface area (Å²) < 4.78 is 0. The van der Waals surface area contributed by atoms with E-state index < -0.39 is 0 Å². The van der Waals surface area contributed by atoms with Crippen LogP contribution in [-0.2, 0) is 6.42 Å². The second kappa shape index (κ2) is 10.1. The van der Waals surface area contributed by atoms with Crippen molar-refractivity contribution in [3.63, 3.8) is 0 Å². The predicted molar refractivity (Wildman–Crippen MR) is 78.9 cm³/mol. The zero-order chi connectivity index (χ0) is 13.1. The van der Waals surface area contributed by atoms with Gasteiger partial charge in [0.05, 0.1) is 0 Å². The van der Waals surface area contributed by atoms with Gasteiger partial charge in [-0.05, 0) is 50.6 Å². The van der Waals surface area contributed by atoms with Gasteiger partial charge in [0.15, 0.2) is 0 Å². The monoisotopic (exact) mass is 248 g/mol. The maximum Gasteiger partial charge on any atom is 0.0375 e. The van der Waals surface area contributed by atoms with Crippen molar-refractivity contribution in [3.05, 3.63) is 29.6 Å². The summed E-state index contributed by atoms with van der Waals surface area (Å²) in [5.41, 5.74) is 2.50. The van der Waals surface area contributed by atoms with E-state index in [9.17, 15) is 0 Å². The normalized spacial score (nSPS) is 10.8. The molecule has 0 aromatic carbocycles. The number of rotatable bonds is 10. The fraction of sp³-hybridized carbons (Fsp3) is 0.688. The topological polar surface area (TPSA) is 24.9 Å². The summed E-state index contributed by atoms with van der Waals surface area (Å²) in [5.74, 6) is 0. The summed E-state index contributed by atoms with van der Waals surface area (Å²) in [6.07, 6.45) is 11.3. The number of unbranched alkanes of at least 4 members (excludes halogenated alkanes) is 5. The van der Waals surface area contributed by atoms with Gasteiger partial charge in [-0.3, -0.25) is 4.98 Å². The van der Waals surface area contributed by atoms with E-state index in [0.29, 0.717) is 0 Å². The summed E-state index contributed by atoms with van der Waals surface area (Å²) >= 11 is 0. The van der Waals surface area contributed by atoms with Crippen molar-refractivity contribution in [1.82, 2.24) is 10.3 Å². The van der Waals surface area contributed by atoms with Crippen LogP contribution in [0.15, 0.2) is 18.3 Å². The van der Waals surface area contributed by atoms with Crippen LogP contribution < -0.4 is 5.32 Å². The van der Waals surface area contributed by atoms with Crippen molar-refractivity contribution in [3.8, 4) is 0 Å². The van der Waals surface area contributed by atoms with Gasteiger partial charge in [-0.2, -0.15) is 0 Å². The van der Waals surface area contributed by atoms with E-state index in [0.717, 1.165) is 25.2 Å². The van der Waals surface area contributed by atoms with Crippen LogP contribution in [0.1, 0.15) is 56.7 Å². The molecule has 1 aromatic heterocycles. The second-order valence-electron chi connectivity index (χ2n) is 5.07. The Morgan fingerprint density at radius 1 is 1.06 bits per heavy atom. The first kappa shape index (κ1) is 15.2. The van der Waals surface area contributed by atoms with Crippen LogP contribution in [0.5, 0.6) is 0 Å². The summed E-state index contributed by atoms with van der Waals surface area (Å²) in [5, 5.41) is 3.52. The maximum absolute atomic E-state index is 4.21. The van der Waals surface area contributed by atoms with Crippen LogP contribution >= 0.6 is 0 Å². The largest absolute Gasteiger partial charge is 0.316 e. The molecule has 0 radical (unpaired) electrons. The minimum atomic E-state index is 1.08. The minimum absolute atomic E-state index is 1.08. The minimum Gasteiger partial charge on any atom is -0.316 e. The van der Waals surface area contributed by atoms with Gasteiger partial charge in [0.1, 0.15) is 0 Å². The lowest BCUT2D eigenvalue weighted by molar-refractivity contribution is 0.573. The molecular weight excluding hydrogens is 220 g/mol. The van der Waals surface area contributed by atoms with Crippen LogP contribution in [0.4, 0.5) is 0 Å². The van der Waals surface area contributed by atoms with Crippen LogP contribution in [0.3, 0.4) is 0 Å². The smallest absolute Gasteiger partial charge is 0.0375 e. The predicted octanol–water partition coefficient (Wildman–Crippen LogP) is 3.88. The molecule has 0 bridgehead atoms. The molecule has 1 aromatic rings. The summed E-state index contributed by atoms with van der Waals surface area (Å²) in [6, 6.07) is 4.28. The summed E-state index contributed by atoms with van der Waals surface area (Å²) in [7, 11) is 0. The highest BCUT2D eigenvalue weighted by Crippen LogP contribution is 2.04. The molecule has 0 atom stereocenters. The fourth-order valence-corrected chi connectivity index (χ4v) is 2.15. The van der Waals surface area contributed by atoms with Gasteiger partial charge in [0, 0.05) is 11.9 Å². The van der Waals surface area contributed by atoms with Gasteiger partial charge in [-0.1, -0.05) is 39.0 Å². The Balaban J connectivity index is 1.92. The molecule has 18 heavy (non-hydrogen) atoms. The van der Waals surface area contributed by atoms with E-state index in [-0.39, 0.29) is 0 Å². The highest BCUT2D eigenvalue weighted by atomic mass is 14.8. The van der Waals surface area contributed by atoms with Crippen LogP contribution in [0, 0.1) is 6.92 Å². The average Bonchev–Trinajstić information content (AvgIpc) is 2.37. The van der Waals surface area contributed by atoms with Crippen LogP contribution in [0.25, 0.3) is 0 Å². The lowest BCUT2D eigenvalue weighted by Crippen LogP contribution is -2.18. The first-order chi connectivity index (χ1) is 8.83. The Hall–Kier alpha value is -0.890. The Kier molecular flexibility index (Phi) is 8.49. The van der Waals surface area contributed by atoms with Gasteiger partial charge < -0.3 is 5.32 Å². The highest BCUT2D eigenvalue weighted by Gasteiger charge is 1.94. The number of nitrogens with zero attached hydrogens (tertiary/aromatic N) is 1. The van der Waals surface area contributed by atoms with Gasteiger partial charge >= 0.3 is 0 Å². The van der Waals surface area contributed by atoms with Crippen molar-refractivity contribution < 1.29 is 0 Å². The molecule has 1 heterocycles. The van der Waals surface area contributed by atoms with Gasteiger partial charge in [-0.25, -0.2) is 0 Å². The van der Waals surface area contributed by atoms with Gasteiger partial charge in [-0.15, -0.1) is 0 Å². The lowest BCUT2D eigenvalue weighted by atomic mass is 10.1. The molecule has 2 nitrogen and oxygen atoms in total. The van der Waals surface area contributed by atoms with Crippen LogP contribution in [0.2, 0.25) is 0 Å². The Labute approximate surface area is 112 Å². The Morgan fingerprint density at radius 3 is 2.61 bits per heavy atom. The van der Waals surface area contributed by atoms with Gasteiger partial charge in [0.2, 0.25) is 0 Å². The number of nitrogens with one attached hydrogen (secondary N) is 1. The third-order valence-corrected chi connectivity index (χ3v) is 3.26. The van der Waals surface area contributed by atoms with E-state index in [1.165, 1.54) is 44.1 Å². The quantitative estimate of drug-likeness (QED) is 0.636. The van der Waals surface area contributed by atoms with E-state index in [1.54, 1.807) is 0 Å². The number of aryl methyl sites for hydroxylation is 1. The van der Waals surface area contributed by atoms with E-state index in [2.05, 4.69) is 29.4 Å². The van der Waals surface area contributed by atoms with Crippen molar-refractivity contribution in [2.75, 3.05) is 13.1 Å². The average molecular weight is 248 g/mol. The molecule has 0 unspecified atom stereocenters. The van der Waals surface area contributed by atoms with Crippen molar-refractivity contribution >= 4 is 0 Å². The summed E-state index contributed by atoms with van der Waals surface area (Å²) in [4.78, 5) is 4.21. The molecule has 0 saturated carbocycles. The zero-order valence-electron chi connectivity index (χ0n) is 12.0. The molecule has 0 aliphatic heterocycles. The van der Waals surface area contributed by atoms with Gasteiger partial charge in [0.25, 0.3) is 0 Å². The molecule has 102 valence electrons. The molecule has 1 rings (SSSR count). The van der Waals surface area contributed by atoms with Crippen molar-refractivity contribution in [2.24, 2.45) is 0 Å². The molecule has 1 N–H and O–H groups in total. The molecule has 0 aliphatic rings. The number of hydrogen-bond donors (Lipinski definition) is 1. The molecular formula is C16H28N2. The number of aromatic nitrogens is 1. The van der Waals surface area contributed by atoms with Crippen molar-refractivity contribution in [1.29, 1.82) is 0 Å². The standard InChI is InChI=1S/C16H28N2/c1-3-4-5-6-7-8-11-17-12-9-16-10-13-18-15(2)14-16/h10,13-14,17H,3-9,11-12H2,1-2H3. The third kappa shape index (κ3) is 7.44. The molecule has 0 saturated heterocycles. The summed E-state index contributed by atoms with van der Waals surface area (Å²) in [6.45, 7) is 6.56. The zero-order valence-corrected chi connectivity index (χ0v) is 12.0. The molecule has 0 aliphatic carbocycles. The number of hydrogen-bond acceptors (Lipinski definition) is 2. The van der Waals surface area contributed by atoms with Crippen molar-refractivity contribution in [2.45, 2.75) is 58.8 Å². The first-order valence-corrected chi connectivity index (χ1v) is 7.45. The molecule has 0 amide bonds. The lowest BCUT2D eigenvalue weighted by Gasteiger charge is -2.05. The fourth-order valence-electron chi connectivity index (χ4n) is 2.15. The third-order valence-electron chi connectivity index (χ3n) is 3.26. The molecule has 2 heteroatoms. The van der Waals surface area contributed by atoms with Crippen LogP contribution in [-0.4, -0.2) is 18.1 Å². The van der Waals surface area contributed by atoms with E-state index in [4.69, 9.17) is 0 Å². The second-order valence-corrected chi connectivity index (χ2v) is 5.07. The highest BCUT2D eigenvalue weighted by molar-refractivity contribution is 5.15. The van der Waals surface area contributed by atoms with E-state index >= 15 is 0 Å². The maximum atomic E-state index is 4.21. The Bertz CT molecular complexity index is 310.